The molecule has 3 aromatic carbocycles. The zero-order valence-electron chi connectivity index (χ0n) is 19.1. The van der Waals surface area contributed by atoms with Crippen LogP contribution >= 0.6 is 11.8 Å². The van der Waals surface area contributed by atoms with E-state index in [2.05, 4.69) is 18.3 Å². The van der Waals surface area contributed by atoms with Gasteiger partial charge in [-0.25, -0.2) is 0 Å². The van der Waals surface area contributed by atoms with Crippen molar-refractivity contribution < 1.29 is 14.3 Å². The summed E-state index contributed by atoms with van der Waals surface area (Å²) in [4.78, 5) is 29.5. The minimum Gasteiger partial charge on any atom is -0.496 e. The van der Waals surface area contributed by atoms with Crippen molar-refractivity contribution in [3.8, 4) is 5.75 Å². The van der Waals surface area contributed by atoms with Crippen LogP contribution < -0.4 is 15.0 Å². The predicted molar refractivity (Wildman–Crippen MR) is 132 cm³/mol. The number of para-hydroxylation sites is 2. The number of amides is 2. The van der Waals surface area contributed by atoms with E-state index < -0.39 is 11.2 Å². The number of hydrogen-bond donors (Lipinski definition) is 1. The van der Waals surface area contributed by atoms with E-state index in [1.165, 1.54) is 11.8 Å². The molecule has 170 valence electrons. The highest BCUT2D eigenvalue weighted by atomic mass is 32.2. The molecule has 5 nitrogen and oxygen atoms in total. The number of aryl methyl sites for hydroxylation is 1. The molecule has 2 atom stereocenters. The second kappa shape index (κ2) is 10.1. The van der Waals surface area contributed by atoms with E-state index >= 15 is 0 Å². The normalized spacial score (nSPS) is 16.2. The van der Waals surface area contributed by atoms with Gasteiger partial charge in [0.1, 0.15) is 11.0 Å². The Morgan fingerprint density at radius 2 is 1.70 bits per heavy atom. The Morgan fingerprint density at radius 3 is 2.45 bits per heavy atom. The summed E-state index contributed by atoms with van der Waals surface area (Å²) in [7, 11) is 1.61. The van der Waals surface area contributed by atoms with Crippen LogP contribution in [0.3, 0.4) is 0 Å². The minimum atomic E-state index is -0.499. The number of methoxy groups -OCH3 is 1. The van der Waals surface area contributed by atoms with Crippen molar-refractivity contribution in [2.75, 3.05) is 12.0 Å². The maximum absolute atomic E-state index is 13.6. The van der Waals surface area contributed by atoms with E-state index in [0.29, 0.717) is 13.1 Å². The summed E-state index contributed by atoms with van der Waals surface area (Å²) in [5.41, 5.74) is 4.03. The van der Waals surface area contributed by atoms with E-state index in [1.807, 2.05) is 78.6 Å². The van der Waals surface area contributed by atoms with Crippen molar-refractivity contribution in [1.82, 2.24) is 5.32 Å². The molecule has 0 fully saturated rings. The van der Waals surface area contributed by atoms with Crippen LogP contribution in [0.15, 0.2) is 77.7 Å². The number of benzene rings is 3. The first-order valence-corrected chi connectivity index (χ1v) is 11.9. The Bertz CT molecular complexity index is 1160. The van der Waals surface area contributed by atoms with E-state index in [4.69, 9.17) is 4.74 Å². The molecule has 0 unspecified atom stereocenters. The summed E-state index contributed by atoms with van der Waals surface area (Å²) in [5.74, 6) is 0.0423. The lowest BCUT2D eigenvalue weighted by Crippen LogP contribution is -2.47. The zero-order valence-corrected chi connectivity index (χ0v) is 19.9. The fourth-order valence-corrected chi connectivity index (χ4v) is 5.29. The molecular formula is C27H28N2O3S. The molecule has 1 N–H and O–H groups in total. The van der Waals surface area contributed by atoms with E-state index in [-0.39, 0.29) is 11.8 Å². The van der Waals surface area contributed by atoms with Crippen LogP contribution in [0.4, 0.5) is 5.69 Å². The topological polar surface area (TPSA) is 58.6 Å². The third-order valence-corrected chi connectivity index (χ3v) is 7.49. The summed E-state index contributed by atoms with van der Waals surface area (Å²) in [6, 6.07) is 23.6. The fourth-order valence-electron chi connectivity index (χ4n) is 4.01. The summed E-state index contributed by atoms with van der Waals surface area (Å²) in [5, 5.41) is 2.49. The quantitative estimate of drug-likeness (QED) is 0.541. The average Bonchev–Trinajstić information content (AvgIpc) is 2.85. The fraction of sp³-hybridized carbons (Fsp3) is 0.259. The summed E-state index contributed by atoms with van der Waals surface area (Å²) in [6.07, 6.45) is 0. The van der Waals surface area contributed by atoms with Crippen molar-refractivity contribution in [3.05, 3.63) is 89.5 Å². The lowest BCUT2D eigenvalue weighted by atomic mass is 10.0. The van der Waals surface area contributed by atoms with Crippen LogP contribution in [0, 0.1) is 12.8 Å². The number of fused-ring (bicyclic) bond motifs is 1. The SMILES string of the molecule is COc1ccccc1CNC(=O)[C@@H](C)[C@H]1Sc2ccccc2N(Cc2ccccc2C)C1=O. The van der Waals surface area contributed by atoms with Gasteiger partial charge < -0.3 is 15.0 Å². The largest absolute Gasteiger partial charge is 0.496 e. The average molecular weight is 461 g/mol. The molecule has 0 bridgehead atoms. The van der Waals surface area contributed by atoms with E-state index in [9.17, 15) is 9.59 Å². The van der Waals surface area contributed by atoms with Gasteiger partial charge in [-0.05, 0) is 36.2 Å². The van der Waals surface area contributed by atoms with Crippen molar-refractivity contribution in [1.29, 1.82) is 0 Å². The third-order valence-electron chi connectivity index (χ3n) is 6.02. The number of thioether (sulfide) groups is 1. The molecule has 0 saturated carbocycles. The number of anilines is 1. The molecule has 3 aromatic rings. The molecule has 33 heavy (non-hydrogen) atoms. The zero-order chi connectivity index (χ0) is 23.4. The van der Waals surface area contributed by atoms with Gasteiger partial charge in [-0.1, -0.05) is 61.5 Å². The van der Waals surface area contributed by atoms with Gasteiger partial charge in [0.15, 0.2) is 0 Å². The second-order valence-electron chi connectivity index (χ2n) is 8.18. The highest BCUT2D eigenvalue weighted by molar-refractivity contribution is 8.01. The van der Waals surface area contributed by atoms with Gasteiger partial charge in [0.05, 0.1) is 25.3 Å². The summed E-state index contributed by atoms with van der Waals surface area (Å²) in [6.45, 7) is 4.71. The monoisotopic (exact) mass is 460 g/mol. The van der Waals surface area contributed by atoms with Crippen LogP contribution in [0.1, 0.15) is 23.6 Å². The molecule has 2 amide bonds. The van der Waals surface area contributed by atoms with E-state index in [0.717, 1.165) is 33.0 Å². The molecule has 1 heterocycles. The first-order valence-electron chi connectivity index (χ1n) is 11.0. The Hall–Kier alpha value is -3.25. The summed E-state index contributed by atoms with van der Waals surface area (Å²) >= 11 is 1.47. The first-order chi connectivity index (χ1) is 16.0. The second-order valence-corrected chi connectivity index (χ2v) is 9.36. The van der Waals surface area contributed by atoms with Gasteiger partial charge in [-0.3, -0.25) is 9.59 Å². The Kier molecular flexibility index (Phi) is 7.04. The van der Waals surface area contributed by atoms with Crippen LogP contribution in [-0.2, 0) is 22.7 Å². The Labute approximate surface area is 199 Å². The number of ether oxygens (including phenoxy) is 1. The Morgan fingerprint density at radius 1 is 1.03 bits per heavy atom. The molecule has 1 aliphatic heterocycles. The van der Waals surface area contributed by atoms with Gasteiger partial charge in [-0.2, -0.15) is 0 Å². The maximum Gasteiger partial charge on any atom is 0.241 e. The molecule has 1 aliphatic rings. The van der Waals surface area contributed by atoms with Crippen LogP contribution in [0.2, 0.25) is 0 Å². The first kappa shape index (κ1) is 22.9. The van der Waals surface area contributed by atoms with Crippen molar-refractivity contribution in [3.63, 3.8) is 0 Å². The standard InChI is InChI=1S/C27H28N2O3S/c1-18-10-4-5-12-21(18)17-29-22-13-7-9-15-24(22)33-25(27(29)31)19(2)26(30)28-16-20-11-6-8-14-23(20)32-3/h4-15,19,25H,16-17H2,1-3H3,(H,28,30)/t19-,25+/m0/s1. The lowest BCUT2D eigenvalue weighted by Gasteiger charge is -2.36. The minimum absolute atomic E-state index is 0.0399. The third kappa shape index (κ3) is 4.91. The van der Waals surface area contributed by atoms with Crippen LogP contribution in [-0.4, -0.2) is 24.2 Å². The van der Waals surface area contributed by atoms with Gasteiger partial charge in [0.25, 0.3) is 0 Å². The Balaban J connectivity index is 1.54. The number of nitrogens with zero attached hydrogens (tertiary/aromatic N) is 1. The smallest absolute Gasteiger partial charge is 0.241 e. The predicted octanol–water partition coefficient (Wildman–Crippen LogP) is 4.96. The van der Waals surface area contributed by atoms with Gasteiger partial charge in [0.2, 0.25) is 11.8 Å². The summed E-state index contributed by atoms with van der Waals surface area (Å²) < 4.78 is 5.37. The van der Waals surface area contributed by atoms with Gasteiger partial charge in [0, 0.05) is 17.0 Å². The highest BCUT2D eigenvalue weighted by Crippen LogP contribution is 2.42. The number of carbonyl (C=O) groups excluding carboxylic acids is 2. The number of hydrogen-bond acceptors (Lipinski definition) is 4. The van der Waals surface area contributed by atoms with Crippen LogP contribution in [0.5, 0.6) is 5.75 Å². The maximum atomic E-state index is 13.6. The van der Waals surface area contributed by atoms with Crippen molar-refractivity contribution in [2.45, 2.75) is 37.1 Å². The molecule has 4 rings (SSSR count). The number of rotatable bonds is 7. The molecule has 0 aliphatic carbocycles. The van der Waals surface area contributed by atoms with Crippen molar-refractivity contribution in [2.24, 2.45) is 5.92 Å². The van der Waals surface area contributed by atoms with Crippen LogP contribution in [0.25, 0.3) is 0 Å². The number of carbonyl (C=O) groups is 2. The highest BCUT2D eigenvalue weighted by Gasteiger charge is 2.39. The molecular weight excluding hydrogens is 432 g/mol. The molecule has 0 radical (unpaired) electrons. The number of nitrogens with one attached hydrogen (secondary N) is 1. The van der Waals surface area contributed by atoms with E-state index in [1.54, 1.807) is 7.11 Å². The molecule has 6 heteroatoms. The van der Waals surface area contributed by atoms with Gasteiger partial charge >= 0.3 is 0 Å². The molecule has 0 saturated heterocycles. The molecule has 0 spiro atoms. The van der Waals surface area contributed by atoms with Crippen molar-refractivity contribution >= 4 is 29.3 Å². The molecule has 0 aromatic heterocycles. The lowest BCUT2D eigenvalue weighted by molar-refractivity contribution is -0.128. The van der Waals surface area contributed by atoms with Gasteiger partial charge in [-0.15, -0.1) is 11.8 Å².